The van der Waals surface area contributed by atoms with Crippen LogP contribution in [0.5, 0.6) is 0 Å². The van der Waals surface area contributed by atoms with Gasteiger partial charge >= 0.3 is 5.97 Å². The fraction of sp³-hybridized carbons (Fsp3) is 0.333. The summed E-state index contributed by atoms with van der Waals surface area (Å²) in [6, 6.07) is 7.34. The highest BCUT2D eigenvalue weighted by molar-refractivity contribution is 6.31. The van der Waals surface area contributed by atoms with Crippen LogP contribution in [0.2, 0.25) is 5.02 Å². The highest BCUT2D eigenvalue weighted by atomic mass is 35.5. The molecular weight excluding hydrogens is 242 g/mol. The van der Waals surface area contributed by atoms with E-state index in [1.165, 1.54) is 0 Å². The summed E-state index contributed by atoms with van der Waals surface area (Å²) < 4.78 is 0. The lowest BCUT2D eigenvalue weighted by Gasteiger charge is -2.05. The molecule has 0 saturated carbocycles. The van der Waals surface area contributed by atoms with Crippen LogP contribution in [0.3, 0.4) is 0 Å². The molecule has 0 atom stereocenters. The second-order valence-corrected chi connectivity index (χ2v) is 3.99. The molecule has 1 amide bonds. The van der Waals surface area contributed by atoms with Gasteiger partial charge in [0.15, 0.2) is 0 Å². The van der Waals surface area contributed by atoms with Crippen molar-refractivity contribution in [2.24, 2.45) is 0 Å². The molecule has 5 heteroatoms. The van der Waals surface area contributed by atoms with Crippen LogP contribution in [0.1, 0.15) is 18.4 Å². The van der Waals surface area contributed by atoms with E-state index < -0.39 is 5.97 Å². The summed E-state index contributed by atoms with van der Waals surface area (Å²) in [5.41, 5.74) is 0.919. The van der Waals surface area contributed by atoms with Crippen LogP contribution in [-0.2, 0) is 16.0 Å². The molecule has 92 valence electrons. The third-order valence-electron chi connectivity index (χ3n) is 2.24. The highest BCUT2D eigenvalue weighted by Gasteiger charge is 2.05. The molecule has 1 aromatic carbocycles. The fourth-order valence-electron chi connectivity index (χ4n) is 1.35. The Labute approximate surface area is 105 Å². The van der Waals surface area contributed by atoms with Crippen molar-refractivity contribution in [3.63, 3.8) is 0 Å². The minimum atomic E-state index is -0.920. The van der Waals surface area contributed by atoms with Crippen molar-refractivity contribution in [2.75, 3.05) is 6.54 Å². The zero-order valence-corrected chi connectivity index (χ0v) is 10.0. The predicted octanol–water partition coefficient (Wildman–Crippen LogP) is 1.86. The number of nitrogens with one attached hydrogen (secondary N) is 1. The Morgan fingerprint density at radius 1 is 1.24 bits per heavy atom. The molecule has 0 aliphatic rings. The van der Waals surface area contributed by atoms with Crippen molar-refractivity contribution < 1.29 is 14.7 Å². The molecule has 0 radical (unpaired) electrons. The second-order valence-electron chi connectivity index (χ2n) is 3.59. The number of carbonyl (C=O) groups excluding carboxylic acids is 1. The van der Waals surface area contributed by atoms with E-state index in [-0.39, 0.29) is 18.9 Å². The first-order valence-corrected chi connectivity index (χ1v) is 5.69. The van der Waals surface area contributed by atoms with Gasteiger partial charge in [-0.1, -0.05) is 29.8 Å². The summed E-state index contributed by atoms with van der Waals surface area (Å²) >= 11 is 5.94. The van der Waals surface area contributed by atoms with Gasteiger partial charge in [-0.15, -0.1) is 0 Å². The van der Waals surface area contributed by atoms with E-state index in [4.69, 9.17) is 16.7 Å². The first kappa shape index (κ1) is 13.5. The molecular formula is C12H14ClNO3. The number of rotatable bonds is 6. The summed E-state index contributed by atoms with van der Waals surface area (Å²) in [6.07, 6.45) is 0.805. The van der Waals surface area contributed by atoms with Gasteiger partial charge in [0.2, 0.25) is 5.91 Å². The predicted molar refractivity (Wildman–Crippen MR) is 65.0 cm³/mol. The number of amides is 1. The fourth-order valence-corrected chi connectivity index (χ4v) is 1.58. The van der Waals surface area contributed by atoms with Gasteiger partial charge in [-0.2, -0.15) is 0 Å². The van der Waals surface area contributed by atoms with Crippen molar-refractivity contribution >= 4 is 23.5 Å². The Kier molecular flexibility index (Phi) is 5.49. The highest BCUT2D eigenvalue weighted by Crippen LogP contribution is 2.16. The zero-order chi connectivity index (χ0) is 12.7. The topological polar surface area (TPSA) is 66.4 Å². The maximum absolute atomic E-state index is 11.4. The standard InChI is InChI=1S/C12H14ClNO3/c13-10-4-2-1-3-9(10)5-6-11(15)14-8-7-12(16)17/h1-4H,5-8H2,(H,14,15)(H,16,17). The summed E-state index contributed by atoms with van der Waals surface area (Å²) in [6.45, 7) is 0.163. The normalized spacial score (nSPS) is 9.94. The molecule has 0 saturated heterocycles. The minimum absolute atomic E-state index is 0.0577. The lowest BCUT2D eigenvalue weighted by Crippen LogP contribution is -2.26. The lowest BCUT2D eigenvalue weighted by molar-refractivity contribution is -0.136. The van der Waals surface area contributed by atoms with Gasteiger partial charge in [-0.25, -0.2) is 0 Å². The lowest BCUT2D eigenvalue weighted by atomic mass is 10.1. The number of aliphatic carboxylic acids is 1. The van der Waals surface area contributed by atoms with Gasteiger partial charge in [-0.05, 0) is 18.1 Å². The number of benzene rings is 1. The SMILES string of the molecule is O=C(O)CCNC(=O)CCc1ccccc1Cl. The average Bonchev–Trinajstić information content (AvgIpc) is 2.27. The Morgan fingerprint density at radius 3 is 2.59 bits per heavy atom. The molecule has 0 unspecified atom stereocenters. The van der Waals surface area contributed by atoms with E-state index in [9.17, 15) is 9.59 Å². The first-order chi connectivity index (χ1) is 8.09. The number of carboxylic acids is 1. The van der Waals surface area contributed by atoms with Crippen LogP contribution in [0.25, 0.3) is 0 Å². The number of hydrogen-bond acceptors (Lipinski definition) is 2. The number of hydrogen-bond donors (Lipinski definition) is 2. The number of aryl methyl sites for hydroxylation is 1. The van der Waals surface area contributed by atoms with Crippen molar-refractivity contribution in [2.45, 2.75) is 19.3 Å². The maximum Gasteiger partial charge on any atom is 0.305 e. The van der Waals surface area contributed by atoms with Crippen molar-refractivity contribution in [1.29, 1.82) is 0 Å². The maximum atomic E-state index is 11.4. The second kappa shape index (κ2) is 6.91. The number of halogens is 1. The van der Waals surface area contributed by atoms with Gasteiger partial charge in [-0.3, -0.25) is 9.59 Å². The van der Waals surface area contributed by atoms with Crippen molar-refractivity contribution in [3.05, 3.63) is 34.9 Å². The van der Waals surface area contributed by atoms with Crippen LogP contribution in [0.15, 0.2) is 24.3 Å². The van der Waals surface area contributed by atoms with Gasteiger partial charge in [0.05, 0.1) is 6.42 Å². The molecule has 0 aliphatic heterocycles. The molecule has 1 aromatic rings. The Morgan fingerprint density at radius 2 is 1.94 bits per heavy atom. The molecule has 17 heavy (non-hydrogen) atoms. The molecule has 0 aliphatic carbocycles. The third-order valence-corrected chi connectivity index (χ3v) is 2.61. The van der Waals surface area contributed by atoms with E-state index in [1.54, 1.807) is 6.07 Å². The summed E-state index contributed by atoms with van der Waals surface area (Å²) in [5, 5.41) is 11.6. The first-order valence-electron chi connectivity index (χ1n) is 5.31. The van der Waals surface area contributed by atoms with Gasteiger partial charge in [0.25, 0.3) is 0 Å². The van der Waals surface area contributed by atoms with E-state index in [0.717, 1.165) is 5.56 Å². The summed E-state index contributed by atoms with van der Waals surface area (Å²) in [7, 11) is 0. The van der Waals surface area contributed by atoms with E-state index in [0.29, 0.717) is 17.9 Å². The number of carboxylic acid groups (broad SMARTS) is 1. The van der Waals surface area contributed by atoms with Crippen LogP contribution in [0, 0.1) is 0 Å². The molecule has 1 rings (SSSR count). The Balaban J connectivity index is 2.29. The molecule has 0 fully saturated rings. The van der Waals surface area contributed by atoms with Gasteiger partial charge in [0, 0.05) is 18.0 Å². The molecule has 4 nitrogen and oxygen atoms in total. The van der Waals surface area contributed by atoms with E-state index >= 15 is 0 Å². The summed E-state index contributed by atoms with van der Waals surface area (Å²) in [4.78, 5) is 21.6. The van der Waals surface area contributed by atoms with E-state index in [2.05, 4.69) is 5.32 Å². The molecule has 2 N–H and O–H groups in total. The van der Waals surface area contributed by atoms with Crippen LogP contribution < -0.4 is 5.32 Å². The monoisotopic (exact) mass is 255 g/mol. The number of carbonyl (C=O) groups is 2. The zero-order valence-electron chi connectivity index (χ0n) is 9.28. The quantitative estimate of drug-likeness (QED) is 0.815. The van der Waals surface area contributed by atoms with Gasteiger partial charge < -0.3 is 10.4 Å². The largest absolute Gasteiger partial charge is 0.481 e. The molecule has 0 spiro atoms. The Hall–Kier alpha value is -1.55. The minimum Gasteiger partial charge on any atom is -0.481 e. The van der Waals surface area contributed by atoms with Gasteiger partial charge in [0.1, 0.15) is 0 Å². The molecule has 0 bridgehead atoms. The van der Waals surface area contributed by atoms with Crippen molar-refractivity contribution in [1.82, 2.24) is 5.32 Å². The van der Waals surface area contributed by atoms with Crippen LogP contribution in [0.4, 0.5) is 0 Å². The molecule has 0 heterocycles. The average molecular weight is 256 g/mol. The summed E-state index contributed by atoms with van der Waals surface area (Å²) in [5.74, 6) is -1.08. The van der Waals surface area contributed by atoms with Crippen LogP contribution in [-0.4, -0.2) is 23.5 Å². The third kappa shape index (κ3) is 5.36. The van der Waals surface area contributed by atoms with E-state index in [1.807, 2.05) is 18.2 Å². The van der Waals surface area contributed by atoms with Crippen LogP contribution >= 0.6 is 11.6 Å². The van der Waals surface area contributed by atoms with Crippen molar-refractivity contribution in [3.8, 4) is 0 Å². The Bertz CT molecular complexity index is 406. The molecule has 0 aromatic heterocycles. The smallest absolute Gasteiger partial charge is 0.305 e.